The number of hydrogen-bond acceptors (Lipinski definition) is 7. The Morgan fingerprint density at radius 2 is 1.18 bits per heavy atom. The monoisotopic (exact) mass is 462 g/mol. The molecular weight excluding hydrogens is 424 g/mol. The standard InChI is InChI=1S/C26H38O7/c1-15(2)9-17-11-19(27)5-7-25(17,29)23-21(32-23)13-31-14-22-24(33-22)26(30)8-6-20(28)12-18(26)10-16(3)4/h5-8,11-12,15-18,21-24,27-30H,9-10,13-14H2,1-4H3. The van der Waals surface area contributed by atoms with Crippen LogP contribution in [0.3, 0.4) is 0 Å². The number of aliphatic hydroxyl groups is 4. The maximum absolute atomic E-state index is 11.3. The van der Waals surface area contributed by atoms with Gasteiger partial charge in [0.1, 0.15) is 47.1 Å². The molecule has 0 aromatic heterocycles. The summed E-state index contributed by atoms with van der Waals surface area (Å²) in [6.07, 6.45) is 10.0. The van der Waals surface area contributed by atoms with E-state index in [2.05, 4.69) is 27.7 Å². The largest absolute Gasteiger partial charge is 0.508 e. The summed E-state index contributed by atoms with van der Waals surface area (Å²) in [6, 6.07) is 0. The van der Waals surface area contributed by atoms with Crippen molar-refractivity contribution in [2.24, 2.45) is 23.7 Å². The number of hydrogen-bond donors (Lipinski definition) is 4. The molecule has 2 aliphatic carbocycles. The van der Waals surface area contributed by atoms with E-state index in [1.54, 1.807) is 24.3 Å². The Labute approximate surface area is 196 Å². The third-order valence-corrected chi connectivity index (χ3v) is 7.07. The highest BCUT2D eigenvalue weighted by Crippen LogP contribution is 2.45. The second kappa shape index (κ2) is 9.19. The first-order chi connectivity index (χ1) is 15.5. The molecule has 7 heteroatoms. The van der Waals surface area contributed by atoms with Crippen LogP contribution in [0, 0.1) is 23.7 Å². The predicted molar refractivity (Wildman–Crippen MR) is 124 cm³/mol. The highest BCUT2D eigenvalue weighted by molar-refractivity contribution is 5.31. The van der Waals surface area contributed by atoms with Crippen LogP contribution < -0.4 is 0 Å². The van der Waals surface area contributed by atoms with E-state index in [1.165, 1.54) is 12.2 Å². The second-order valence-electron chi connectivity index (χ2n) is 10.8. The average molecular weight is 463 g/mol. The van der Waals surface area contributed by atoms with Crippen molar-refractivity contribution in [2.45, 2.75) is 76.2 Å². The first-order valence-corrected chi connectivity index (χ1v) is 12.1. The fraction of sp³-hybridized carbons (Fsp3) is 0.692. The van der Waals surface area contributed by atoms with Crippen LogP contribution in [-0.4, -0.2) is 69.3 Å². The molecule has 2 heterocycles. The molecule has 2 aliphatic heterocycles. The fourth-order valence-corrected chi connectivity index (χ4v) is 5.27. The van der Waals surface area contributed by atoms with E-state index in [0.29, 0.717) is 25.0 Å². The van der Waals surface area contributed by atoms with E-state index >= 15 is 0 Å². The third-order valence-electron chi connectivity index (χ3n) is 7.07. The van der Waals surface area contributed by atoms with Gasteiger partial charge in [-0.3, -0.25) is 0 Å². The molecule has 33 heavy (non-hydrogen) atoms. The maximum atomic E-state index is 11.3. The molecule has 0 bridgehead atoms. The van der Waals surface area contributed by atoms with Gasteiger partial charge in [-0.05, 0) is 61.1 Å². The van der Waals surface area contributed by atoms with Gasteiger partial charge in [-0.2, -0.15) is 0 Å². The second-order valence-corrected chi connectivity index (χ2v) is 10.8. The van der Waals surface area contributed by atoms with Crippen molar-refractivity contribution in [1.29, 1.82) is 0 Å². The third kappa shape index (κ3) is 5.23. The molecule has 7 nitrogen and oxygen atoms in total. The lowest BCUT2D eigenvalue weighted by Gasteiger charge is -2.34. The highest BCUT2D eigenvalue weighted by Gasteiger charge is 2.58. The lowest BCUT2D eigenvalue weighted by Crippen LogP contribution is -2.44. The zero-order chi connectivity index (χ0) is 24.0. The van der Waals surface area contributed by atoms with Gasteiger partial charge >= 0.3 is 0 Å². The van der Waals surface area contributed by atoms with Crippen molar-refractivity contribution < 1.29 is 34.6 Å². The minimum Gasteiger partial charge on any atom is -0.508 e. The van der Waals surface area contributed by atoms with Gasteiger partial charge in [0.15, 0.2) is 0 Å². The predicted octanol–water partition coefficient (Wildman–Crippen LogP) is 3.35. The van der Waals surface area contributed by atoms with Crippen molar-refractivity contribution >= 4 is 0 Å². The summed E-state index contributed by atoms with van der Waals surface area (Å²) in [5, 5.41) is 42.3. The van der Waals surface area contributed by atoms with Crippen molar-refractivity contribution in [3.05, 3.63) is 48.0 Å². The molecule has 8 atom stereocenters. The molecule has 0 radical (unpaired) electrons. The number of allylic oxidation sites excluding steroid dienone is 2. The van der Waals surface area contributed by atoms with Crippen LogP contribution in [0.2, 0.25) is 0 Å². The molecule has 0 aromatic carbocycles. The fourth-order valence-electron chi connectivity index (χ4n) is 5.27. The van der Waals surface area contributed by atoms with Gasteiger partial charge in [0.25, 0.3) is 0 Å². The Balaban J connectivity index is 1.27. The summed E-state index contributed by atoms with van der Waals surface area (Å²) in [6.45, 7) is 8.99. The molecule has 4 rings (SSSR count). The van der Waals surface area contributed by atoms with Crippen LogP contribution in [0.25, 0.3) is 0 Å². The van der Waals surface area contributed by atoms with E-state index in [0.717, 1.165) is 12.8 Å². The number of ether oxygens (including phenoxy) is 3. The Morgan fingerprint density at radius 1 is 0.788 bits per heavy atom. The maximum Gasteiger partial charge on any atom is 0.119 e. The van der Waals surface area contributed by atoms with E-state index in [4.69, 9.17) is 14.2 Å². The van der Waals surface area contributed by atoms with Gasteiger partial charge in [0.05, 0.1) is 13.2 Å². The molecule has 0 saturated carbocycles. The summed E-state index contributed by atoms with van der Waals surface area (Å²) in [4.78, 5) is 0. The van der Waals surface area contributed by atoms with Gasteiger partial charge in [0.2, 0.25) is 0 Å². The van der Waals surface area contributed by atoms with Gasteiger partial charge in [-0.1, -0.05) is 27.7 Å². The Bertz CT molecular complexity index is 776. The molecule has 4 N–H and O–H groups in total. The molecule has 4 aliphatic rings. The van der Waals surface area contributed by atoms with Crippen molar-refractivity contribution in [3.63, 3.8) is 0 Å². The lowest BCUT2D eigenvalue weighted by molar-refractivity contribution is 0.00880. The smallest absolute Gasteiger partial charge is 0.119 e. The van der Waals surface area contributed by atoms with E-state index < -0.39 is 11.2 Å². The Kier molecular flexibility index (Phi) is 6.82. The Hall–Kier alpha value is -1.64. The quantitative estimate of drug-likeness (QED) is 0.368. The minimum absolute atomic E-state index is 0.171. The first-order valence-electron chi connectivity index (χ1n) is 12.1. The molecule has 184 valence electrons. The van der Waals surface area contributed by atoms with Crippen molar-refractivity contribution in [3.8, 4) is 0 Å². The zero-order valence-corrected chi connectivity index (χ0v) is 19.9. The normalized spacial score (nSPS) is 41.9. The summed E-state index contributed by atoms with van der Waals surface area (Å²) in [5.74, 6) is 0.635. The number of aliphatic hydroxyl groups excluding tert-OH is 2. The summed E-state index contributed by atoms with van der Waals surface area (Å²) in [5.41, 5.74) is -2.33. The minimum atomic E-state index is -1.16. The van der Waals surface area contributed by atoms with E-state index in [1.807, 2.05) is 0 Å². The topological polar surface area (TPSA) is 115 Å². The van der Waals surface area contributed by atoms with E-state index in [9.17, 15) is 20.4 Å². The zero-order valence-electron chi connectivity index (χ0n) is 19.9. The van der Waals surface area contributed by atoms with Gasteiger partial charge < -0.3 is 34.6 Å². The van der Waals surface area contributed by atoms with Crippen LogP contribution in [0.1, 0.15) is 40.5 Å². The van der Waals surface area contributed by atoms with Crippen LogP contribution in [0.5, 0.6) is 0 Å². The van der Waals surface area contributed by atoms with Crippen LogP contribution in [0.4, 0.5) is 0 Å². The highest BCUT2D eigenvalue weighted by atomic mass is 16.6. The van der Waals surface area contributed by atoms with Crippen LogP contribution in [-0.2, 0) is 14.2 Å². The number of rotatable bonds is 10. The molecule has 2 fully saturated rings. The Morgan fingerprint density at radius 3 is 1.55 bits per heavy atom. The SMILES string of the molecule is CC(C)CC1C=C(O)C=CC1(O)C1OC1COCC1OC1C1(O)C=CC(O)=CC1CC(C)C. The van der Waals surface area contributed by atoms with Crippen molar-refractivity contribution in [1.82, 2.24) is 0 Å². The summed E-state index contributed by atoms with van der Waals surface area (Å²) < 4.78 is 17.4. The van der Waals surface area contributed by atoms with Crippen molar-refractivity contribution in [2.75, 3.05) is 13.2 Å². The first kappa shape index (κ1) is 24.5. The molecule has 0 spiro atoms. The molecule has 0 amide bonds. The molecular formula is C26H38O7. The molecule has 8 unspecified atom stereocenters. The van der Waals surface area contributed by atoms with Gasteiger partial charge in [0, 0.05) is 11.8 Å². The van der Waals surface area contributed by atoms with E-state index in [-0.39, 0.29) is 47.8 Å². The molecule has 2 saturated heterocycles. The number of epoxide rings is 2. The average Bonchev–Trinajstić information content (AvgIpc) is 3.63. The van der Waals surface area contributed by atoms with Gasteiger partial charge in [-0.25, -0.2) is 0 Å². The lowest BCUT2D eigenvalue weighted by atomic mass is 9.76. The summed E-state index contributed by atoms with van der Waals surface area (Å²) in [7, 11) is 0. The van der Waals surface area contributed by atoms with Gasteiger partial charge in [-0.15, -0.1) is 0 Å². The molecule has 0 aromatic rings. The van der Waals surface area contributed by atoms with Crippen LogP contribution in [0.15, 0.2) is 48.0 Å². The summed E-state index contributed by atoms with van der Waals surface area (Å²) >= 11 is 0. The van der Waals surface area contributed by atoms with Crippen LogP contribution >= 0.6 is 0 Å².